The van der Waals surface area contributed by atoms with Crippen LogP contribution in [0.1, 0.15) is 12.0 Å². The van der Waals surface area contributed by atoms with Gasteiger partial charge in [-0.2, -0.15) is 0 Å². The average molecular weight is 271 g/mol. The first-order chi connectivity index (χ1) is 9.90. The number of aromatic nitrogens is 3. The quantitative estimate of drug-likeness (QED) is 0.727. The van der Waals surface area contributed by atoms with Crippen LogP contribution in [-0.2, 0) is 6.42 Å². The van der Waals surface area contributed by atoms with Gasteiger partial charge in [0.25, 0.3) is 0 Å². The van der Waals surface area contributed by atoms with Gasteiger partial charge in [-0.15, -0.1) is 0 Å². The Morgan fingerprint density at radius 1 is 1.30 bits per heavy atom. The Hall–Kier alpha value is -2.21. The number of pyridine rings is 1. The van der Waals surface area contributed by atoms with E-state index in [1.54, 1.807) is 12.5 Å². The third-order valence-electron chi connectivity index (χ3n) is 3.30. The van der Waals surface area contributed by atoms with Crippen LogP contribution in [0, 0.1) is 0 Å². The van der Waals surface area contributed by atoms with Gasteiger partial charge in [-0.1, -0.05) is 0 Å². The summed E-state index contributed by atoms with van der Waals surface area (Å²) in [5, 5.41) is 15.5. The second-order valence-corrected chi connectivity index (χ2v) is 4.63. The summed E-state index contributed by atoms with van der Waals surface area (Å²) in [6.45, 7) is 1.68. The maximum absolute atomic E-state index is 8.87. The molecule has 0 radical (unpaired) electrons. The molecule has 3 rings (SSSR count). The SMILES string of the molecule is OCCCNc1ncnc2c1CCNc1ncccc1-2. The fourth-order valence-electron chi connectivity index (χ4n) is 2.36. The first kappa shape index (κ1) is 12.8. The highest BCUT2D eigenvalue weighted by Crippen LogP contribution is 2.32. The molecule has 0 aliphatic carbocycles. The molecule has 104 valence electrons. The third-order valence-corrected chi connectivity index (χ3v) is 3.30. The van der Waals surface area contributed by atoms with E-state index < -0.39 is 0 Å². The fourth-order valence-corrected chi connectivity index (χ4v) is 2.36. The van der Waals surface area contributed by atoms with Crippen LogP contribution in [0.15, 0.2) is 24.7 Å². The van der Waals surface area contributed by atoms with Crippen LogP contribution in [0.3, 0.4) is 0 Å². The lowest BCUT2D eigenvalue weighted by molar-refractivity contribution is 0.292. The fraction of sp³-hybridized carbons (Fsp3) is 0.357. The molecule has 0 unspecified atom stereocenters. The normalized spacial score (nSPS) is 12.8. The van der Waals surface area contributed by atoms with Crippen molar-refractivity contribution in [3.05, 3.63) is 30.2 Å². The second kappa shape index (κ2) is 5.83. The molecule has 1 aliphatic heterocycles. The minimum atomic E-state index is 0.175. The number of anilines is 2. The summed E-state index contributed by atoms with van der Waals surface area (Å²) < 4.78 is 0. The molecular formula is C14H17N5O. The van der Waals surface area contributed by atoms with Gasteiger partial charge < -0.3 is 15.7 Å². The number of hydrogen-bond donors (Lipinski definition) is 3. The van der Waals surface area contributed by atoms with Gasteiger partial charge in [-0.3, -0.25) is 0 Å². The highest BCUT2D eigenvalue weighted by Gasteiger charge is 2.19. The Labute approximate surface area is 117 Å². The van der Waals surface area contributed by atoms with E-state index in [2.05, 4.69) is 25.6 Å². The smallest absolute Gasteiger partial charge is 0.135 e. The van der Waals surface area contributed by atoms with Crippen molar-refractivity contribution >= 4 is 11.6 Å². The molecule has 1 aliphatic rings. The van der Waals surface area contributed by atoms with Crippen LogP contribution in [0.2, 0.25) is 0 Å². The molecule has 0 saturated carbocycles. The van der Waals surface area contributed by atoms with Crippen molar-refractivity contribution in [2.45, 2.75) is 12.8 Å². The van der Waals surface area contributed by atoms with Crippen molar-refractivity contribution in [2.75, 3.05) is 30.3 Å². The summed E-state index contributed by atoms with van der Waals surface area (Å²) in [7, 11) is 0. The molecule has 0 atom stereocenters. The Morgan fingerprint density at radius 3 is 3.15 bits per heavy atom. The maximum Gasteiger partial charge on any atom is 0.135 e. The molecule has 0 amide bonds. The summed E-state index contributed by atoms with van der Waals surface area (Å²) in [5.74, 6) is 1.72. The molecule has 0 aromatic carbocycles. The number of hydrogen-bond acceptors (Lipinski definition) is 6. The van der Waals surface area contributed by atoms with Crippen molar-refractivity contribution in [1.29, 1.82) is 0 Å². The van der Waals surface area contributed by atoms with E-state index in [4.69, 9.17) is 5.11 Å². The van der Waals surface area contributed by atoms with Gasteiger partial charge in [-0.25, -0.2) is 15.0 Å². The van der Waals surface area contributed by atoms with Gasteiger partial charge in [-0.05, 0) is 25.0 Å². The topological polar surface area (TPSA) is 83.0 Å². The van der Waals surface area contributed by atoms with Crippen molar-refractivity contribution < 1.29 is 5.11 Å². The predicted octanol–water partition coefficient (Wildman–Crippen LogP) is 1.30. The molecule has 0 spiro atoms. The largest absolute Gasteiger partial charge is 0.396 e. The van der Waals surface area contributed by atoms with Crippen LogP contribution < -0.4 is 10.6 Å². The molecule has 2 aromatic heterocycles. The molecule has 0 bridgehead atoms. The molecule has 3 heterocycles. The van der Waals surface area contributed by atoms with E-state index in [-0.39, 0.29) is 6.61 Å². The van der Waals surface area contributed by atoms with Crippen molar-refractivity contribution in [2.24, 2.45) is 0 Å². The number of fused-ring (bicyclic) bond motifs is 3. The summed E-state index contributed by atoms with van der Waals surface area (Å²) in [4.78, 5) is 13.1. The molecule has 0 fully saturated rings. The van der Waals surface area contributed by atoms with Crippen LogP contribution in [0.5, 0.6) is 0 Å². The van der Waals surface area contributed by atoms with E-state index >= 15 is 0 Å². The number of nitrogens with one attached hydrogen (secondary N) is 2. The number of rotatable bonds is 4. The third kappa shape index (κ3) is 2.42. The first-order valence-electron chi connectivity index (χ1n) is 6.78. The summed E-state index contributed by atoms with van der Waals surface area (Å²) in [6.07, 6.45) is 4.89. The Bertz CT molecular complexity index is 602. The number of aliphatic hydroxyl groups is 1. The summed E-state index contributed by atoms with van der Waals surface area (Å²) >= 11 is 0. The molecule has 2 aromatic rings. The minimum absolute atomic E-state index is 0.175. The lowest BCUT2D eigenvalue weighted by atomic mass is 10.1. The van der Waals surface area contributed by atoms with Gasteiger partial charge in [0.15, 0.2) is 0 Å². The Morgan fingerprint density at radius 2 is 2.25 bits per heavy atom. The monoisotopic (exact) mass is 271 g/mol. The maximum atomic E-state index is 8.87. The lowest BCUT2D eigenvalue weighted by Gasteiger charge is -2.12. The van der Waals surface area contributed by atoms with E-state index in [1.165, 1.54) is 0 Å². The first-order valence-corrected chi connectivity index (χ1v) is 6.78. The van der Waals surface area contributed by atoms with E-state index in [9.17, 15) is 0 Å². The highest BCUT2D eigenvalue weighted by molar-refractivity contribution is 5.78. The van der Waals surface area contributed by atoms with Crippen LogP contribution in [0.25, 0.3) is 11.3 Å². The lowest BCUT2D eigenvalue weighted by Crippen LogP contribution is -2.10. The van der Waals surface area contributed by atoms with E-state index in [1.807, 2.05) is 12.1 Å². The Kier molecular flexibility index (Phi) is 3.73. The standard InChI is InChI=1S/C14H17N5O/c20-8-2-6-16-14-11-4-7-17-13-10(3-1-5-15-13)12(11)18-9-19-14/h1,3,5,9,20H,2,4,6-8H2,(H,15,17)(H,16,18,19). The molecule has 20 heavy (non-hydrogen) atoms. The Balaban J connectivity index is 2.00. The van der Waals surface area contributed by atoms with E-state index in [0.29, 0.717) is 13.0 Å². The van der Waals surface area contributed by atoms with Crippen molar-refractivity contribution in [3.8, 4) is 11.3 Å². The highest BCUT2D eigenvalue weighted by atomic mass is 16.3. The zero-order chi connectivity index (χ0) is 13.8. The van der Waals surface area contributed by atoms with Crippen molar-refractivity contribution in [3.63, 3.8) is 0 Å². The van der Waals surface area contributed by atoms with E-state index in [0.717, 1.165) is 41.4 Å². The molecular weight excluding hydrogens is 254 g/mol. The van der Waals surface area contributed by atoms with Gasteiger partial charge in [0.1, 0.15) is 18.0 Å². The molecule has 6 heteroatoms. The van der Waals surface area contributed by atoms with Crippen LogP contribution >= 0.6 is 0 Å². The van der Waals surface area contributed by atoms with Gasteiger partial charge >= 0.3 is 0 Å². The summed E-state index contributed by atoms with van der Waals surface area (Å²) in [5.41, 5.74) is 3.04. The zero-order valence-electron chi connectivity index (χ0n) is 11.1. The van der Waals surface area contributed by atoms with Gasteiger partial charge in [0.05, 0.1) is 5.69 Å². The van der Waals surface area contributed by atoms with Gasteiger partial charge in [0, 0.05) is 37.0 Å². The number of nitrogens with zero attached hydrogens (tertiary/aromatic N) is 3. The summed E-state index contributed by atoms with van der Waals surface area (Å²) in [6, 6.07) is 3.93. The molecule has 3 N–H and O–H groups in total. The van der Waals surface area contributed by atoms with Gasteiger partial charge in [0.2, 0.25) is 0 Å². The number of aliphatic hydroxyl groups excluding tert-OH is 1. The predicted molar refractivity (Wildman–Crippen MR) is 77.6 cm³/mol. The molecule has 0 saturated heterocycles. The second-order valence-electron chi connectivity index (χ2n) is 4.63. The average Bonchev–Trinajstić information content (AvgIpc) is 2.68. The minimum Gasteiger partial charge on any atom is -0.396 e. The zero-order valence-corrected chi connectivity index (χ0v) is 11.1. The van der Waals surface area contributed by atoms with Crippen molar-refractivity contribution in [1.82, 2.24) is 15.0 Å². The molecule has 6 nitrogen and oxygen atoms in total. The van der Waals surface area contributed by atoms with Crippen LogP contribution in [-0.4, -0.2) is 39.8 Å². The van der Waals surface area contributed by atoms with Crippen LogP contribution in [0.4, 0.5) is 11.6 Å².